The molecule has 2 N–H and O–H groups in total. The fraction of sp³-hybridized carbons (Fsp3) is 0.357. The molecule has 1 heterocycles. The number of benzene rings is 1. The SMILES string of the molecule is CNC(C)c1cccc(S(=O)(=O)NCc2cc(C)no2)c1. The Balaban J connectivity index is 2.15. The summed E-state index contributed by atoms with van der Waals surface area (Å²) in [6.07, 6.45) is 0. The van der Waals surface area contributed by atoms with E-state index in [-0.39, 0.29) is 17.5 Å². The molecule has 2 rings (SSSR count). The zero-order valence-corrected chi connectivity index (χ0v) is 13.1. The van der Waals surface area contributed by atoms with Crippen molar-refractivity contribution in [3.63, 3.8) is 0 Å². The van der Waals surface area contributed by atoms with Crippen molar-refractivity contribution in [2.24, 2.45) is 0 Å². The van der Waals surface area contributed by atoms with E-state index < -0.39 is 10.0 Å². The quantitative estimate of drug-likeness (QED) is 0.849. The fourth-order valence-corrected chi connectivity index (χ4v) is 2.91. The largest absolute Gasteiger partial charge is 0.360 e. The van der Waals surface area contributed by atoms with Crippen LogP contribution in [-0.4, -0.2) is 20.6 Å². The summed E-state index contributed by atoms with van der Waals surface area (Å²) >= 11 is 0. The summed E-state index contributed by atoms with van der Waals surface area (Å²) in [6, 6.07) is 8.63. The van der Waals surface area contributed by atoms with Gasteiger partial charge in [-0.05, 0) is 38.6 Å². The molecule has 0 saturated heterocycles. The number of hydrogen-bond donors (Lipinski definition) is 2. The Kier molecular flexibility index (Phi) is 4.76. The van der Waals surface area contributed by atoms with Gasteiger partial charge in [0.05, 0.1) is 17.1 Å². The van der Waals surface area contributed by atoms with Crippen LogP contribution in [0.3, 0.4) is 0 Å². The van der Waals surface area contributed by atoms with Gasteiger partial charge < -0.3 is 9.84 Å². The highest BCUT2D eigenvalue weighted by Gasteiger charge is 2.16. The Bertz CT molecular complexity index is 710. The Hall–Kier alpha value is -1.70. The summed E-state index contributed by atoms with van der Waals surface area (Å²) < 4.78 is 32.1. The topological polar surface area (TPSA) is 84.2 Å². The first-order valence-corrected chi connectivity index (χ1v) is 8.10. The van der Waals surface area contributed by atoms with Gasteiger partial charge in [-0.1, -0.05) is 17.3 Å². The standard InChI is InChI=1S/C14H19N3O3S/c1-10-7-13(20-17-10)9-16-21(18,19)14-6-4-5-12(8-14)11(2)15-3/h4-8,11,15-16H,9H2,1-3H3. The molecule has 0 saturated carbocycles. The molecule has 0 aliphatic rings. The number of hydrogen-bond acceptors (Lipinski definition) is 5. The van der Waals surface area contributed by atoms with Crippen LogP contribution in [0.15, 0.2) is 39.8 Å². The lowest BCUT2D eigenvalue weighted by Gasteiger charge is -2.12. The van der Waals surface area contributed by atoms with Crippen LogP contribution in [0, 0.1) is 6.92 Å². The van der Waals surface area contributed by atoms with Crippen molar-refractivity contribution in [2.75, 3.05) is 7.05 Å². The van der Waals surface area contributed by atoms with Gasteiger partial charge in [0.1, 0.15) is 0 Å². The molecule has 6 nitrogen and oxygen atoms in total. The second-order valence-corrected chi connectivity index (χ2v) is 6.61. The highest BCUT2D eigenvalue weighted by Crippen LogP contribution is 2.17. The predicted octanol–water partition coefficient (Wildman–Crippen LogP) is 1.74. The molecule has 0 bridgehead atoms. The summed E-state index contributed by atoms with van der Waals surface area (Å²) in [6.45, 7) is 3.83. The lowest BCUT2D eigenvalue weighted by atomic mass is 10.1. The Morgan fingerprint density at radius 2 is 2.10 bits per heavy atom. The highest BCUT2D eigenvalue weighted by molar-refractivity contribution is 7.89. The molecule has 0 spiro atoms. The van der Waals surface area contributed by atoms with Crippen molar-refractivity contribution in [3.8, 4) is 0 Å². The van der Waals surface area contributed by atoms with Gasteiger partial charge in [-0.15, -0.1) is 0 Å². The summed E-state index contributed by atoms with van der Waals surface area (Å²) in [4.78, 5) is 0.235. The molecule has 0 aliphatic heterocycles. The van der Waals surface area contributed by atoms with Crippen molar-refractivity contribution in [2.45, 2.75) is 31.3 Å². The van der Waals surface area contributed by atoms with E-state index in [4.69, 9.17) is 4.52 Å². The first-order chi connectivity index (χ1) is 9.92. The minimum absolute atomic E-state index is 0.0784. The average molecular weight is 309 g/mol. The van der Waals surface area contributed by atoms with Gasteiger partial charge in [0, 0.05) is 12.1 Å². The Morgan fingerprint density at radius 1 is 1.33 bits per heavy atom. The number of rotatable bonds is 6. The lowest BCUT2D eigenvalue weighted by molar-refractivity contribution is 0.377. The summed E-state index contributed by atoms with van der Waals surface area (Å²) in [5.41, 5.74) is 1.63. The van der Waals surface area contributed by atoms with Crippen molar-refractivity contribution in [3.05, 3.63) is 47.3 Å². The molecular weight excluding hydrogens is 290 g/mol. The van der Waals surface area contributed by atoms with Crippen LogP contribution in [-0.2, 0) is 16.6 Å². The molecule has 1 atom stereocenters. The number of aromatic nitrogens is 1. The van der Waals surface area contributed by atoms with Crippen LogP contribution >= 0.6 is 0 Å². The fourth-order valence-electron chi connectivity index (χ4n) is 1.87. The molecule has 0 amide bonds. The van der Waals surface area contributed by atoms with Gasteiger partial charge in [0.15, 0.2) is 5.76 Å². The molecular formula is C14H19N3O3S. The van der Waals surface area contributed by atoms with E-state index in [0.717, 1.165) is 5.56 Å². The normalized spacial score (nSPS) is 13.3. The summed E-state index contributed by atoms with van der Waals surface area (Å²) in [5.74, 6) is 0.482. The van der Waals surface area contributed by atoms with Crippen molar-refractivity contribution < 1.29 is 12.9 Å². The third-order valence-electron chi connectivity index (χ3n) is 3.21. The number of nitrogens with zero attached hydrogens (tertiary/aromatic N) is 1. The first-order valence-electron chi connectivity index (χ1n) is 6.61. The zero-order chi connectivity index (χ0) is 15.5. The van der Waals surface area contributed by atoms with Crippen molar-refractivity contribution >= 4 is 10.0 Å². The van der Waals surface area contributed by atoms with Gasteiger partial charge in [-0.2, -0.15) is 0 Å². The minimum atomic E-state index is -3.58. The number of nitrogens with one attached hydrogen (secondary N) is 2. The summed E-state index contributed by atoms with van der Waals surface area (Å²) in [7, 11) is -1.75. The maximum absolute atomic E-state index is 12.3. The van der Waals surface area contributed by atoms with Crippen LogP contribution in [0.5, 0.6) is 0 Å². The second-order valence-electron chi connectivity index (χ2n) is 4.84. The molecule has 1 unspecified atom stereocenters. The van der Waals surface area contributed by atoms with Crippen LogP contribution in [0.4, 0.5) is 0 Å². The molecule has 0 radical (unpaired) electrons. The maximum Gasteiger partial charge on any atom is 0.240 e. The monoisotopic (exact) mass is 309 g/mol. The van der Waals surface area contributed by atoms with Gasteiger partial charge in [0.2, 0.25) is 10.0 Å². The third kappa shape index (κ3) is 3.90. The molecule has 0 fully saturated rings. The molecule has 0 aliphatic carbocycles. The molecule has 1 aromatic heterocycles. The lowest BCUT2D eigenvalue weighted by Crippen LogP contribution is -2.23. The Morgan fingerprint density at radius 3 is 2.71 bits per heavy atom. The van der Waals surface area contributed by atoms with Crippen molar-refractivity contribution in [1.29, 1.82) is 0 Å². The highest BCUT2D eigenvalue weighted by atomic mass is 32.2. The molecule has 1 aromatic carbocycles. The summed E-state index contributed by atoms with van der Waals surface area (Å²) in [5, 5.41) is 6.80. The van der Waals surface area contributed by atoms with Crippen LogP contribution in [0.1, 0.15) is 30.0 Å². The number of sulfonamides is 1. The molecule has 21 heavy (non-hydrogen) atoms. The Labute approximate surface area is 124 Å². The van der Waals surface area contributed by atoms with E-state index in [0.29, 0.717) is 11.5 Å². The van der Waals surface area contributed by atoms with Gasteiger partial charge >= 0.3 is 0 Å². The molecule has 114 valence electrons. The second kappa shape index (κ2) is 6.38. The smallest absolute Gasteiger partial charge is 0.240 e. The van der Waals surface area contributed by atoms with E-state index in [1.807, 2.05) is 20.0 Å². The van der Waals surface area contributed by atoms with E-state index in [1.165, 1.54) is 0 Å². The van der Waals surface area contributed by atoms with Gasteiger partial charge in [0.25, 0.3) is 0 Å². The van der Waals surface area contributed by atoms with Crippen LogP contribution in [0.2, 0.25) is 0 Å². The van der Waals surface area contributed by atoms with Crippen LogP contribution in [0.25, 0.3) is 0 Å². The zero-order valence-electron chi connectivity index (χ0n) is 12.3. The van der Waals surface area contributed by atoms with E-state index >= 15 is 0 Å². The van der Waals surface area contributed by atoms with Gasteiger partial charge in [-0.3, -0.25) is 0 Å². The van der Waals surface area contributed by atoms with E-state index in [2.05, 4.69) is 15.2 Å². The van der Waals surface area contributed by atoms with Crippen molar-refractivity contribution in [1.82, 2.24) is 15.2 Å². The van der Waals surface area contributed by atoms with Crippen LogP contribution < -0.4 is 10.0 Å². The van der Waals surface area contributed by atoms with E-state index in [9.17, 15) is 8.42 Å². The predicted molar refractivity (Wildman–Crippen MR) is 79.2 cm³/mol. The molecule has 7 heteroatoms. The molecule has 2 aromatic rings. The minimum Gasteiger partial charge on any atom is -0.360 e. The third-order valence-corrected chi connectivity index (χ3v) is 4.61. The number of aryl methyl sites for hydroxylation is 1. The van der Waals surface area contributed by atoms with Gasteiger partial charge in [-0.25, -0.2) is 13.1 Å². The first kappa shape index (κ1) is 15.7. The van der Waals surface area contributed by atoms with E-state index in [1.54, 1.807) is 31.2 Å². The average Bonchev–Trinajstić information content (AvgIpc) is 2.90. The maximum atomic E-state index is 12.3.